The molecule has 1 N–H and O–H groups in total. The molecule has 0 radical (unpaired) electrons. The normalized spacial score (nSPS) is 15.0. The molecule has 1 aliphatic heterocycles. The minimum atomic E-state index is 0.466. The smallest absolute Gasteiger partial charge is 0.265 e. The second-order valence-corrected chi connectivity index (χ2v) is 6.56. The fraction of sp³-hybridized carbons (Fsp3) is 0.211. The Morgan fingerprint density at radius 1 is 1.08 bits per heavy atom. The number of ether oxygens (including phenoxy) is 2. The van der Waals surface area contributed by atoms with Gasteiger partial charge in [-0.15, -0.1) is 0 Å². The van der Waals surface area contributed by atoms with E-state index < -0.39 is 0 Å². The van der Waals surface area contributed by atoms with Gasteiger partial charge < -0.3 is 19.4 Å². The van der Waals surface area contributed by atoms with Crippen molar-refractivity contribution in [1.29, 1.82) is 0 Å². The van der Waals surface area contributed by atoms with E-state index in [9.17, 15) is 0 Å². The summed E-state index contributed by atoms with van der Waals surface area (Å²) < 4.78 is 11.2. The van der Waals surface area contributed by atoms with E-state index in [1.807, 2.05) is 47.4 Å². The molecule has 1 aliphatic rings. The van der Waals surface area contributed by atoms with E-state index in [4.69, 9.17) is 31.7 Å². The van der Waals surface area contributed by atoms with Crippen molar-refractivity contribution in [3.05, 3.63) is 42.5 Å². The molecule has 5 rings (SSSR count). The molecule has 0 bridgehead atoms. The van der Waals surface area contributed by atoms with Crippen molar-refractivity contribution in [3.8, 4) is 5.75 Å². The van der Waals surface area contributed by atoms with E-state index in [1.165, 1.54) is 0 Å². The second kappa shape index (κ2) is 6.19. The lowest BCUT2D eigenvalue weighted by Gasteiger charge is -2.28. The van der Waals surface area contributed by atoms with Crippen LogP contribution in [0.2, 0.25) is 0 Å². The number of rotatable bonds is 1. The zero-order valence-electron chi connectivity index (χ0n) is 13.9. The van der Waals surface area contributed by atoms with E-state index in [0.717, 1.165) is 46.2 Å². The molecular formula is C19H16N4O2S. The van der Waals surface area contributed by atoms with Gasteiger partial charge in [-0.05, 0) is 30.4 Å². The summed E-state index contributed by atoms with van der Waals surface area (Å²) in [7, 11) is 0. The molecular weight excluding hydrogens is 348 g/mol. The zero-order valence-corrected chi connectivity index (χ0v) is 14.8. The minimum Gasteiger partial charge on any atom is -0.432 e. The van der Waals surface area contributed by atoms with Gasteiger partial charge in [-0.25, -0.2) is 9.97 Å². The first kappa shape index (κ1) is 15.5. The van der Waals surface area contributed by atoms with E-state index in [1.54, 1.807) is 0 Å². The fourth-order valence-corrected chi connectivity index (χ4v) is 3.49. The first-order valence-electron chi connectivity index (χ1n) is 8.51. The summed E-state index contributed by atoms with van der Waals surface area (Å²) in [6.45, 7) is 2.85. The third-order valence-electron chi connectivity index (χ3n) is 4.55. The molecule has 7 heteroatoms. The number of fused-ring (bicyclic) bond motifs is 4. The Balaban J connectivity index is 1.52. The highest BCUT2D eigenvalue weighted by Gasteiger charge is 2.16. The van der Waals surface area contributed by atoms with Crippen molar-refractivity contribution < 1.29 is 9.47 Å². The van der Waals surface area contributed by atoms with E-state index >= 15 is 0 Å². The number of morpholine rings is 1. The Hall–Kier alpha value is -2.77. The van der Waals surface area contributed by atoms with Gasteiger partial charge in [0.1, 0.15) is 11.3 Å². The summed E-state index contributed by atoms with van der Waals surface area (Å²) in [6.07, 6.45) is 0. The molecule has 3 heterocycles. The first-order chi connectivity index (χ1) is 12.8. The number of thiocarbonyl (C=S) groups is 1. The number of hydrogen-bond donors (Lipinski definition) is 1. The Labute approximate surface area is 154 Å². The predicted octanol–water partition coefficient (Wildman–Crippen LogP) is 3.26. The van der Waals surface area contributed by atoms with Crippen LogP contribution in [-0.2, 0) is 4.74 Å². The minimum absolute atomic E-state index is 0.466. The first-order valence-corrected chi connectivity index (χ1v) is 8.91. The standard InChI is InChI=1S/C19H16N4O2S/c26-19(23-7-9-24-10-8-23)25-12-5-6-15-16(11-12)20-17-13-3-1-2-4-14(13)21-18(17)22-15/h1-6,11H,7-10H2,(H,21,22). The molecule has 0 atom stereocenters. The Morgan fingerprint density at radius 3 is 2.81 bits per heavy atom. The highest BCUT2D eigenvalue weighted by atomic mass is 32.1. The number of para-hydroxylation sites is 1. The maximum atomic E-state index is 5.87. The molecule has 1 fully saturated rings. The van der Waals surface area contributed by atoms with E-state index in [0.29, 0.717) is 24.1 Å². The number of nitrogens with zero attached hydrogens (tertiary/aromatic N) is 3. The summed E-state index contributed by atoms with van der Waals surface area (Å²) >= 11 is 5.41. The summed E-state index contributed by atoms with van der Waals surface area (Å²) in [5, 5.41) is 1.53. The molecule has 26 heavy (non-hydrogen) atoms. The van der Waals surface area contributed by atoms with Crippen LogP contribution in [0.5, 0.6) is 5.75 Å². The van der Waals surface area contributed by atoms with Gasteiger partial charge in [-0.3, -0.25) is 0 Å². The van der Waals surface area contributed by atoms with Gasteiger partial charge >= 0.3 is 0 Å². The molecule has 2 aromatic carbocycles. The average Bonchev–Trinajstić information content (AvgIpc) is 3.04. The molecule has 0 amide bonds. The number of nitrogens with one attached hydrogen (secondary N) is 1. The summed E-state index contributed by atoms with van der Waals surface area (Å²) in [6, 6.07) is 13.7. The molecule has 2 aromatic heterocycles. The van der Waals surface area contributed by atoms with Crippen LogP contribution in [0.15, 0.2) is 42.5 Å². The second-order valence-electron chi connectivity index (χ2n) is 6.21. The van der Waals surface area contributed by atoms with Gasteiger partial charge in [-0.2, -0.15) is 0 Å². The van der Waals surface area contributed by atoms with Crippen LogP contribution in [0, 0.1) is 0 Å². The summed E-state index contributed by atoms with van der Waals surface area (Å²) in [5.41, 5.74) is 4.28. The Morgan fingerprint density at radius 2 is 1.92 bits per heavy atom. The van der Waals surface area contributed by atoms with Crippen LogP contribution in [0.3, 0.4) is 0 Å². The number of aromatic amines is 1. The van der Waals surface area contributed by atoms with Crippen molar-refractivity contribution in [2.75, 3.05) is 26.3 Å². The van der Waals surface area contributed by atoms with Crippen LogP contribution >= 0.6 is 12.2 Å². The zero-order chi connectivity index (χ0) is 17.5. The molecule has 0 saturated carbocycles. The van der Waals surface area contributed by atoms with Gasteiger partial charge in [0.15, 0.2) is 5.65 Å². The topological polar surface area (TPSA) is 63.3 Å². The molecule has 0 aliphatic carbocycles. The predicted molar refractivity (Wildman–Crippen MR) is 105 cm³/mol. The fourth-order valence-electron chi connectivity index (χ4n) is 3.21. The lowest BCUT2D eigenvalue weighted by atomic mass is 10.2. The molecule has 0 unspecified atom stereocenters. The van der Waals surface area contributed by atoms with Crippen molar-refractivity contribution in [2.24, 2.45) is 0 Å². The SMILES string of the molecule is S=C(Oc1ccc2nc3[nH]c4ccccc4c3nc2c1)N1CCOCC1. The maximum Gasteiger partial charge on any atom is 0.265 e. The van der Waals surface area contributed by atoms with E-state index in [2.05, 4.69) is 4.98 Å². The van der Waals surface area contributed by atoms with Gasteiger partial charge in [0.05, 0.1) is 24.2 Å². The largest absolute Gasteiger partial charge is 0.432 e. The molecule has 4 aromatic rings. The summed E-state index contributed by atoms with van der Waals surface area (Å²) in [5.74, 6) is 0.669. The lowest BCUT2D eigenvalue weighted by molar-refractivity contribution is 0.0631. The highest BCUT2D eigenvalue weighted by molar-refractivity contribution is 7.80. The highest BCUT2D eigenvalue weighted by Crippen LogP contribution is 2.26. The maximum absolute atomic E-state index is 5.87. The number of aromatic nitrogens is 3. The Bertz CT molecular complexity index is 1130. The molecule has 130 valence electrons. The van der Waals surface area contributed by atoms with Crippen LogP contribution < -0.4 is 4.74 Å². The van der Waals surface area contributed by atoms with Crippen LogP contribution in [0.25, 0.3) is 33.1 Å². The third kappa shape index (κ3) is 2.65. The van der Waals surface area contributed by atoms with Crippen molar-refractivity contribution >= 4 is 50.5 Å². The van der Waals surface area contributed by atoms with Gasteiger partial charge in [-0.1, -0.05) is 18.2 Å². The van der Waals surface area contributed by atoms with Gasteiger partial charge in [0.25, 0.3) is 5.17 Å². The number of benzene rings is 2. The van der Waals surface area contributed by atoms with Crippen molar-refractivity contribution in [2.45, 2.75) is 0 Å². The number of hydrogen-bond acceptors (Lipinski definition) is 5. The van der Waals surface area contributed by atoms with Crippen LogP contribution in [0.1, 0.15) is 0 Å². The average molecular weight is 364 g/mol. The van der Waals surface area contributed by atoms with Crippen molar-refractivity contribution in [1.82, 2.24) is 19.9 Å². The van der Waals surface area contributed by atoms with Crippen molar-refractivity contribution in [3.63, 3.8) is 0 Å². The summed E-state index contributed by atoms with van der Waals surface area (Å²) in [4.78, 5) is 14.8. The Kier molecular flexibility index (Phi) is 3.69. The number of H-pyrrole nitrogens is 1. The third-order valence-corrected chi connectivity index (χ3v) is 4.89. The monoisotopic (exact) mass is 364 g/mol. The van der Waals surface area contributed by atoms with Gasteiger partial charge in [0.2, 0.25) is 0 Å². The molecule has 0 spiro atoms. The molecule has 6 nitrogen and oxygen atoms in total. The molecule has 1 saturated heterocycles. The lowest BCUT2D eigenvalue weighted by Crippen LogP contribution is -2.42. The van der Waals surface area contributed by atoms with E-state index in [-0.39, 0.29) is 0 Å². The van der Waals surface area contributed by atoms with Crippen LogP contribution in [0.4, 0.5) is 0 Å². The van der Waals surface area contributed by atoms with Gasteiger partial charge in [0, 0.05) is 30.1 Å². The quantitative estimate of drug-likeness (QED) is 0.523. The van der Waals surface area contributed by atoms with Crippen LogP contribution in [-0.4, -0.2) is 51.3 Å².